The standard InChI is InChI=1S/C12H14INSe/c1-14-9-2-3-10(14)7-8(6-9)12-11(13)4-5-15-12/h4-6,9-10H,2-3,7H2,1H3. The molecule has 3 rings (SSSR count). The zero-order valence-electron chi connectivity index (χ0n) is 8.74. The molecule has 2 unspecified atom stereocenters. The number of likely N-dealkylation sites (N-methyl/N-ethyl adjacent to an activating group) is 1. The van der Waals surface area contributed by atoms with Gasteiger partial charge >= 0.3 is 111 Å². The molecule has 1 saturated heterocycles. The van der Waals surface area contributed by atoms with Gasteiger partial charge in [-0.3, -0.25) is 0 Å². The molecule has 80 valence electrons. The summed E-state index contributed by atoms with van der Waals surface area (Å²) in [6, 6.07) is 3.84. The Morgan fingerprint density at radius 1 is 1.47 bits per heavy atom. The minimum atomic E-state index is 0.609. The molecule has 1 aromatic heterocycles. The molecule has 2 aliphatic heterocycles. The molecule has 0 amide bonds. The molecule has 0 spiro atoms. The van der Waals surface area contributed by atoms with Crippen LogP contribution in [-0.4, -0.2) is 38.5 Å². The molecule has 1 aromatic rings. The van der Waals surface area contributed by atoms with Gasteiger partial charge in [0.05, 0.1) is 0 Å². The summed E-state index contributed by atoms with van der Waals surface area (Å²) in [5.41, 5.74) is 1.66. The topological polar surface area (TPSA) is 3.24 Å². The van der Waals surface area contributed by atoms with E-state index >= 15 is 0 Å². The quantitative estimate of drug-likeness (QED) is 0.537. The fourth-order valence-corrected chi connectivity index (χ4v) is 6.20. The first kappa shape index (κ1) is 10.6. The summed E-state index contributed by atoms with van der Waals surface area (Å²) in [6.45, 7) is 0. The molecule has 1 nitrogen and oxygen atoms in total. The molecule has 0 N–H and O–H groups in total. The van der Waals surface area contributed by atoms with Crippen LogP contribution in [0.5, 0.6) is 0 Å². The van der Waals surface area contributed by atoms with Crippen molar-refractivity contribution in [2.24, 2.45) is 0 Å². The third-order valence-electron chi connectivity index (χ3n) is 3.65. The van der Waals surface area contributed by atoms with Crippen LogP contribution in [0.4, 0.5) is 0 Å². The predicted molar refractivity (Wildman–Crippen MR) is 73.3 cm³/mol. The van der Waals surface area contributed by atoms with Gasteiger partial charge in [0, 0.05) is 0 Å². The van der Waals surface area contributed by atoms with Crippen molar-refractivity contribution >= 4 is 42.7 Å². The second-order valence-electron chi connectivity index (χ2n) is 4.46. The summed E-state index contributed by atoms with van der Waals surface area (Å²) in [6.07, 6.45) is 6.59. The summed E-state index contributed by atoms with van der Waals surface area (Å²) in [5.74, 6) is 0. The van der Waals surface area contributed by atoms with E-state index in [4.69, 9.17) is 0 Å². The van der Waals surface area contributed by atoms with Gasteiger partial charge in [0.15, 0.2) is 0 Å². The Bertz CT molecular complexity index is 410. The summed E-state index contributed by atoms with van der Waals surface area (Å²) >= 11 is 3.10. The molecule has 0 aromatic carbocycles. The van der Waals surface area contributed by atoms with Crippen LogP contribution in [0.2, 0.25) is 0 Å². The number of nitrogens with zero attached hydrogens (tertiary/aromatic N) is 1. The average Bonchev–Trinajstić information content (AvgIpc) is 2.70. The number of hydrogen-bond acceptors (Lipinski definition) is 1. The second-order valence-corrected chi connectivity index (χ2v) is 7.54. The van der Waals surface area contributed by atoms with Crippen LogP contribution in [0.3, 0.4) is 0 Å². The van der Waals surface area contributed by atoms with E-state index in [0.717, 1.165) is 12.1 Å². The molecule has 2 aliphatic rings. The van der Waals surface area contributed by atoms with E-state index in [9.17, 15) is 0 Å². The van der Waals surface area contributed by atoms with E-state index in [2.05, 4.69) is 51.6 Å². The summed E-state index contributed by atoms with van der Waals surface area (Å²) in [7, 11) is 2.28. The van der Waals surface area contributed by atoms with Crippen molar-refractivity contribution < 1.29 is 0 Å². The zero-order chi connectivity index (χ0) is 10.4. The van der Waals surface area contributed by atoms with Crippen LogP contribution in [0, 0.1) is 3.57 Å². The van der Waals surface area contributed by atoms with Crippen molar-refractivity contribution in [1.82, 2.24) is 4.90 Å². The molecule has 15 heavy (non-hydrogen) atoms. The van der Waals surface area contributed by atoms with E-state index in [-0.39, 0.29) is 0 Å². The molecule has 0 saturated carbocycles. The van der Waals surface area contributed by atoms with Crippen LogP contribution in [0.25, 0.3) is 5.57 Å². The molecule has 3 heterocycles. The van der Waals surface area contributed by atoms with Gasteiger partial charge in [-0.15, -0.1) is 0 Å². The Morgan fingerprint density at radius 3 is 3.00 bits per heavy atom. The van der Waals surface area contributed by atoms with Crippen LogP contribution in [0.15, 0.2) is 17.1 Å². The first-order valence-corrected chi connectivity index (χ1v) is 8.34. The Balaban J connectivity index is 1.97. The van der Waals surface area contributed by atoms with Gasteiger partial charge in [0.1, 0.15) is 0 Å². The third-order valence-corrected chi connectivity index (χ3v) is 7.45. The van der Waals surface area contributed by atoms with Crippen LogP contribution < -0.4 is 0 Å². The van der Waals surface area contributed by atoms with Gasteiger partial charge in [0.2, 0.25) is 0 Å². The fraction of sp³-hybridized carbons (Fsp3) is 0.500. The molecule has 1 fully saturated rings. The van der Waals surface area contributed by atoms with Gasteiger partial charge in [-0.05, 0) is 0 Å². The summed E-state index contributed by atoms with van der Waals surface area (Å²) in [4.78, 5) is 4.91. The van der Waals surface area contributed by atoms with Crippen molar-refractivity contribution in [1.29, 1.82) is 0 Å². The molecular weight excluding hydrogens is 364 g/mol. The summed E-state index contributed by atoms with van der Waals surface area (Å²) < 4.78 is 3.15. The number of rotatable bonds is 1. The average molecular weight is 378 g/mol. The van der Waals surface area contributed by atoms with Gasteiger partial charge in [-0.25, -0.2) is 0 Å². The molecule has 2 atom stereocenters. The maximum absolute atomic E-state index is 2.56. The minimum absolute atomic E-state index is 0.609. The van der Waals surface area contributed by atoms with Crippen molar-refractivity contribution in [3.8, 4) is 0 Å². The van der Waals surface area contributed by atoms with Crippen molar-refractivity contribution in [3.63, 3.8) is 0 Å². The number of hydrogen-bond donors (Lipinski definition) is 0. The Kier molecular flexibility index (Phi) is 2.84. The Morgan fingerprint density at radius 2 is 2.33 bits per heavy atom. The zero-order valence-corrected chi connectivity index (χ0v) is 12.6. The molecule has 2 bridgehead atoms. The number of halogens is 1. The van der Waals surface area contributed by atoms with Crippen molar-refractivity contribution in [3.05, 3.63) is 25.1 Å². The Labute approximate surface area is 110 Å². The second kappa shape index (κ2) is 4.02. The molecule has 0 radical (unpaired) electrons. The van der Waals surface area contributed by atoms with Crippen LogP contribution >= 0.6 is 22.6 Å². The van der Waals surface area contributed by atoms with E-state index in [1.54, 1.807) is 10.0 Å². The van der Waals surface area contributed by atoms with Crippen LogP contribution in [-0.2, 0) is 0 Å². The van der Waals surface area contributed by atoms with Crippen LogP contribution in [0.1, 0.15) is 23.7 Å². The first-order valence-electron chi connectivity index (χ1n) is 5.41. The first-order chi connectivity index (χ1) is 7.25. The summed E-state index contributed by atoms with van der Waals surface area (Å²) in [5, 5.41) is 0. The van der Waals surface area contributed by atoms with Crippen molar-refractivity contribution in [2.75, 3.05) is 7.05 Å². The molecular formula is C12H14INSe. The van der Waals surface area contributed by atoms with Gasteiger partial charge in [-0.1, -0.05) is 0 Å². The fourth-order valence-electron chi connectivity index (χ4n) is 2.73. The monoisotopic (exact) mass is 379 g/mol. The van der Waals surface area contributed by atoms with E-state index in [0.29, 0.717) is 14.5 Å². The molecule has 0 aliphatic carbocycles. The van der Waals surface area contributed by atoms with Gasteiger partial charge in [0.25, 0.3) is 0 Å². The normalized spacial score (nSPS) is 30.7. The maximum atomic E-state index is 2.56. The van der Waals surface area contributed by atoms with E-state index in [1.165, 1.54) is 22.8 Å². The van der Waals surface area contributed by atoms with Gasteiger partial charge in [-0.2, -0.15) is 0 Å². The molecule has 3 heteroatoms. The Hall–Kier alpha value is 0.429. The van der Waals surface area contributed by atoms with Crippen molar-refractivity contribution in [2.45, 2.75) is 31.3 Å². The van der Waals surface area contributed by atoms with Gasteiger partial charge < -0.3 is 0 Å². The predicted octanol–water partition coefficient (Wildman–Crippen LogP) is 2.60. The third kappa shape index (κ3) is 1.78. The van der Waals surface area contributed by atoms with E-state index < -0.39 is 0 Å². The number of fused-ring (bicyclic) bond motifs is 2. The van der Waals surface area contributed by atoms with E-state index in [1.807, 2.05) is 0 Å². The SMILES string of the molecule is CN1C2C=C(c3[se]ccc3I)CC1CC2.